The van der Waals surface area contributed by atoms with E-state index in [2.05, 4.69) is 9.98 Å². The predicted octanol–water partition coefficient (Wildman–Crippen LogP) is 0.847. The third-order valence-electron chi connectivity index (χ3n) is 3.46. The number of hydrogen-bond donors (Lipinski definition) is 0. The lowest BCUT2D eigenvalue weighted by atomic mass is 10.1. The predicted molar refractivity (Wildman–Crippen MR) is 63.0 cm³/mol. The summed E-state index contributed by atoms with van der Waals surface area (Å²) in [4.78, 5) is 10.5. The number of allylic oxidation sites excluding steroid dienone is 1. The first-order valence-corrected chi connectivity index (χ1v) is 6.00. The molecule has 0 aromatic rings. The molecule has 1 atom stereocenters. The number of alkyl halides is 3. The van der Waals surface area contributed by atoms with Crippen molar-refractivity contribution in [2.24, 2.45) is 9.98 Å². The Morgan fingerprint density at radius 3 is 2.63 bits per heavy atom. The van der Waals surface area contributed by atoms with Gasteiger partial charge in [0.05, 0.1) is 19.8 Å². The molecule has 0 aromatic carbocycles. The highest BCUT2D eigenvalue weighted by atomic mass is 19.4. The lowest BCUT2D eigenvalue weighted by molar-refractivity contribution is -0.235. The monoisotopic (exact) mass is 274 g/mol. The largest absolute Gasteiger partial charge is 0.429 e. The number of aliphatic imine (C=N–C) groups is 2. The van der Waals surface area contributed by atoms with E-state index < -0.39 is 11.8 Å². The fourth-order valence-corrected chi connectivity index (χ4v) is 2.48. The average molecular weight is 274 g/mol. The van der Waals surface area contributed by atoms with Crippen molar-refractivity contribution in [1.29, 1.82) is 0 Å². The average Bonchev–Trinajstić information content (AvgIpc) is 2.80. The van der Waals surface area contributed by atoms with Crippen LogP contribution in [0.2, 0.25) is 0 Å². The summed E-state index contributed by atoms with van der Waals surface area (Å²) in [5, 5.41) is 0. The van der Waals surface area contributed by atoms with E-state index in [-0.39, 0.29) is 25.6 Å². The van der Waals surface area contributed by atoms with Gasteiger partial charge < -0.3 is 9.64 Å². The van der Waals surface area contributed by atoms with Crippen LogP contribution in [0.15, 0.2) is 22.3 Å². The number of ether oxygens (including phenoxy) is 1. The molecule has 0 aromatic heterocycles. The molecule has 0 aliphatic carbocycles. The molecule has 0 amide bonds. The van der Waals surface area contributed by atoms with Crippen LogP contribution in [0.1, 0.15) is 0 Å². The van der Waals surface area contributed by atoms with Crippen LogP contribution in [0.5, 0.6) is 0 Å². The highest BCUT2D eigenvalue weighted by molar-refractivity contribution is 5.95. The summed E-state index contributed by atoms with van der Waals surface area (Å²) < 4.78 is 45.8. The standard InChI is InChI=1S/C11H13F3N4O/c12-11(13,14)10(18-4-6-19-7-5-18)8-17-3-1-2-15-9(17)16-10/h1-3H,4-8H2. The quantitative estimate of drug-likeness (QED) is 0.711. The SMILES string of the molecule is FC(F)(F)C1(N2CCOCC2)CN2C=CC=NC2=N1. The minimum atomic E-state index is -4.45. The molecular weight excluding hydrogens is 261 g/mol. The first kappa shape index (κ1) is 12.6. The molecule has 3 aliphatic rings. The highest BCUT2D eigenvalue weighted by Gasteiger charge is 2.63. The normalized spacial score (nSPS) is 31.5. The van der Waals surface area contributed by atoms with Gasteiger partial charge in [-0.2, -0.15) is 13.2 Å². The Kier molecular flexibility index (Phi) is 2.86. The molecule has 1 fully saturated rings. The molecule has 1 saturated heterocycles. The minimum absolute atomic E-state index is 0.117. The summed E-state index contributed by atoms with van der Waals surface area (Å²) in [6.07, 6.45) is 0.170. The van der Waals surface area contributed by atoms with Gasteiger partial charge in [0.25, 0.3) is 0 Å². The van der Waals surface area contributed by atoms with E-state index in [0.717, 1.165) is 0 Å². The van der Waals surface area contributed by atoms with E-state index in [1.165, 1.54) is 16.0 Å². The van der Waals surface area contributed by atoms with Gasteiger partial charge in [-0.05, 0) is 6.08 Å². The summed E-state index contributed by atoms with van der Waals surface area (Å²) in [6.45, 7) is 0.776. The smallest absolute Gasteiger partial charge is 0.379 e. The third kappa shape index (κ3) is 1.95. The molecule has 104 valence electrons. The van der Waals surface area contributed by atoms with Gasteiger partial charge in [-0.15, -0.1) is 0 Å². The van der Waals surface area contributed by atoms with E-state index in [0.29, 0.717) is 13.2 Å². The van der Waals surface area contributed by atoms with Gasteiger partial charge in [-0.25, -0.2) is 9.98 Å². The number of rotatable bonds is 1. The lowest BCUT2D eigenvalue weighted by Gasteiger charge is -2.41. The minimum Gasteiger partial charge on any atom is -0.379 e. The number of fused-ring (bicyclic) bond motifs is 1. The summed E-state index contributed by atoms with van der Waals surface area (Å²) in [5.74, 6) is 0.117. The Balaban J connectivity index is 1.97. The number of nitrogens with zero attached hydrogens (tertiary/aromatic N) is 4. The zero-order chi connectivity index (χ0) is 13.5. The molecule has 19 heavy (non-hydrogen) atoms. The fourth-order valence-electron chi connectivity index (χ4n) is 2.48. The van der Waals surface area contributed by atoms with E-state index in [1.54, 1.807) is 12.3 Å². The third-order valence-corrected chi connectivity index (χ3v) is 3.46. The molecule has 0 radical (unpaired) electrons. The summed E-state index contributed by atoms with van der Waals surface area (Å²) in [5.41, 5.74) is -2.21. The highest BCUT2D eigenvalue weighted by Crippen LogP contribution is 2.41. The Hall–Kier alpha value is -1.41. The van der Waals surface area contributed by atoms with Crippen molar-refractivity contribution in [3.8, 4) is 0 Å². The first-order chi connectivity index (χ1) is 9.03. The van der Waals surface area contributed by atoms with Gasteiger partial charge in [0.2, 0.25) is 11.6 Å². The van der Waals surface area contributed by atoms with Gasteiger partial charge >= 0.3 is 6.18 Å². The zero-order valence-electron chi connectivity index (χ0n) is 10.1. The number of guanidine groups is 1. The summed E-state index contributed by atoms with van der Waals surface area (Å²) in [7, 11) is 0. The second-order valence-corrected chi connectivity index (χ2v) is 4.57. The maximum Gasteiger partial charge on any atom is 0.429 e. The van der Waals surface area contributed by atoms with Gasteiger partial charge in [0.15, 0.2) is 0 Å². The Morgan fingerprint density at radius 1 is 1.26 bits per heavy atom. The van der Waals surface area contributed by atoms with Crippen LogP contribution < -0.4 is 0 Å². The maximum atomic E-state index is 13.5. The van der Waals surface area contributed by atoms with E-state index >= 15 is 0 Å². The molecule has 3 rings (SSSR count). The van der Waals surface area contributed by atoms with Crippen LogP contribution in [-0.4, -0.2) is 66.7 Å². The van der Waals surface area contributed by atoms with E-state index in [9.17, 15) is 13.2 Å². The first-order valence-electron chi connectivity index (χ1n) is 6.00. The molecule has 0 saturated carbocycles. The fraction of sp³-hybridized carbons (Fsp3) is 0.636. The molecule has 0 spiro atoms. The van der Waals surface area contributed by atoms with Gasteiger partial charge in [0.1, 0.15) is 0 Å². The molecular formula is C11H13F3N4O. The van der Waals surface area contributed by atoms with E-state index in [4.69, 9.17) is 4.74 Å². The lowest BCUT2D eigenvalue weighted by Crippen LogP contribution is -2.62. The topological polar surface area (TPSA) is 40.4 Å². The summed E-state index contributed by atoms with van der Waals surface area (Å²) >= 11 is 0. The van der Waals surface area contributed by atoms with Crippen LogP contribution in [-0.2, 0) is 4.74 Å². The van der Waals surface area contributed by atoms with Crippen LogP contribution in [0.3, 0.4) is 0 Å². The molecule has 3 aliphatic heterocycles. The Bertz CT molecular complexity index is 453. The molecule has 5 nitrogen and oxygen atoms in total. The number of hydrogen-bond acceptors (Lipinski definition) is 5. The van der Waals surface area contributed by atoms with Crippen molar-refractivity contribution in [3.63, 3.8) is 0 Å². The van der Waals surface area contributed by atoms with Crippen LogP contribution in [0.25, 0.3) is 0 Å². The Morgan fingerprint density at radius 2 is 2.00 bits per heavy atom. The number of halogens is 3. The van der Waals surface area contributed by atoms with Crippen molar-refractivity contribution in [2.75, 3.05) is 32.8 Å². The molecule has 0 bridgehead atoms. The maximum absolute atomic E-state index is 13.5. The second-order valence-electron chi connectivity index (χ2n) is 4.57. The molecule has 8 heteroatoms. The summed E-state index contributed by atoms with van der Waals surface area (Å²) in [6, 6.07) is 0. The van der Waals surface area contributed by atoms with Crippen LogP contribution in [0.4, 0.5) is 13.2 Å². The van der Waals surface area contributed by atoms with Crippen molar-refractivity contribution >= 4 is 12.2 Å². The van der Waals surface area contributed by atoms with Crippen molar-refractivity contribution in [3.05, 3.63) is 12.3 Å². The van der Waals surface area contributed by atoms with Crippen LogP contribution >= 0.6 is 0 Å². The Labute approximate surface area is 108 Å². The number of morpholine rings is 1. The molecule has 3 heterocycles. The van der Waals surface area contributed by atoms with Crippen molar-refractivity contribution in [2.45, 2.75) is 11.8 Å². The van der Waals surface area contributed by atoms with Crippen molar-refractivity contribution < 1.29 is 17.9 Å². The molecule has 1 unspecified atom stereocenters. The molecule has 0 N–H and O–H groups in total. The van der Waals surface area contributed by atoms with Gasteiger partial charge in [0, 0.05) is 25.5 Å². The second kappa shape index (κ2) is 4.31. The van der Waals surface area contributed by atoms with Gasteiger partial charge in [-0.1, -0.05) is 0 Å². The van der Waals surface area contributed by atoms with Gasteiger partial charge in [-0.3, -0.25) is 4.90 Å². The van der Waals surface area contributed by atoms with E-state index in [1.807, 2.05) is 0 Å². The van der Waals surface area contributed by atoms with Crippen molar-refractivity contribution in [1.82, 2.24) is 9.80 Å². The van der Waals surface area contributed by atoms with Crippen LogP contribution in [0, 0.1) is 0 Å². The zero-order valence-corrected chi connectivity index (χ0v) is 10.1.